The van der Waals surface area contributed by atoms with Gasteiger partial charge in [-0.3, -0.25) is 13.9 Å². The largest absolute Gasteiger partial charge is 0.352 e. The summed E-state index contributed by atoms with van der Waals surface area (Å²) in [5.41, 5.74) is 2.07. The van der Waals surface area contributed by atoms with Gasteiger partial charge in [-0.1, -0.05) is 43.6 Å². The molecule has 32 heavy (non-hydrogen) atoms. The number of nitrogens with one attached hydrogen (secondary N) is 2. The van der Waals surface area contributed by atoms with Crippen LogP contribution in [0, 0.1) is 12.8 Å². The SMILES string of the molecule is Cc1ccc(Cl)cc1N(CCCC(=O)Nc1ccccc1C(=O)NCC(C)C)S(C)(=O)=O. The van der Waals surface area contributed by atoms with E-state index < -0.39 is 10.0 Å². The number of carbonyl (C=O) groups excluding carboxylic acids is 2. The maximum atomic E-state index is 12.5. The Morgan fingerprint density at radius 1 is 1.12 bits per heavy atom. The number of nitrogens with zero attached hydrogens (tertiary/aromatic N) is 1. The van der Waals surface area contributed by atoms with E-state index >= 15 is 0 Å². The summed E-state index contributed by atoms with van der Waals surface area (Å²) >= 11 is 6.05. The van der Waals surface area contributed by atoms with E-state index in [1.54, 1.807) is 49.4 Å². The predicted molar refractivity (Wildman–Crippen MR) is 130 cm³/mol. The second-order valence-corrected chi connectivity index (χ2v) is 10.4. The van der Waals surface area contributed by atoms with Crippen LogP contribution in [0.3, 0.4) is 0 Å². The minimum Gasteiger partial charge on any atom is -0.352 e. The van der Waals surface area contributed by atoms with Gasteiger partial charge in [0, 0.05) is 24.5 Å². The van der Waals surface area contributed by atoms with Gasteiger partial charge in [0.25, 0.3) is 5.91 Å². The van der Waals surface area contributed by atoms with Crippen molar-refractivity contribution < 1.29 is 18.0 Å². The molecule has 7 nitrogen and oxygen atoms in total. The van der Waals surface area contributed by atoms with E-state index in [2.05, 4.69) is 10.6 Å². The van der Waals surface area contributed by atoms with Crippen molar-refractivity contribution in [1.29, 1.82) is 0 Å². The zero-order valence-electron chi connectivity index (χ0n) is 18.8. The summed E-state index contributed by atoms with van der Waals surface area (Å²) in [6, 6.07) is 11.8. The molecule has 0 fully saturated rings. The zero-order chi connectivity index (χ0) is 23.9. The average molecular weight is 480 g/mol. The van der Waals surface area contributed by atoms with Crippen molar-refractivity contribution >= 4 is 44.8 Å². The van der Waals surface area contributed by atoms with Gasteiger partial charge in [0.2, 0.25) is 15.9 Å². The average Bonchev–Trinajstić information content (AvgIpc) is 2.71. The molecule has 9 heteroatoms. The summed E-state index contributed by atoms with van der Waals surface area (Å²) in [7, 11) is -3.56. The molecule has 2 rings (SSSR count). The lowest BCUT2D eigenvalue weighted by Crippen LogP contribution is -2.32. The van der Waals surface area contributed by atoms with Gasteiger partial charge in [-0.05, 0) is 49.1 Å². The van der Waals surface area contributed by atoms with E-state index in [0.717, 1.165) is 11.8 Å². The molecule has 0 radical (unpaired) electrons. The third-order valence-corrected chi connectivity index (χ3v) is 6.14. The van der Waals surface area contributed by atoms with Gasteiger partial charge >= 0.3 is 0 Å². The lowest BCUT2D eigenvalue weighted by molar-refractivity contribution is -0.116. The van der Waals surface area contributed by atoms with E-state index in [4.69, 9.17) is 11.6 Å². The molecule has 174 valence electrons. The van der Waals surface area contributed by atoms with Gasteiger partial charge < -0.3 is 10.6 Å². The molecule has 0 saturated heterocycles. The quantitative estimate of drug-likeness (QED) is 0.533. The number of anilines is 2. The summed E-state index contributed by atoms with van der Waals surface area (Å²) in [6.45, 7) is 6.46. The van der Waals surface area contributed by atoms with Crippen molar-refractivity contribution in [3.8, 4) is 0 Å². The first-order valence-corrected chi connectivity index (χ1v) is 12.6. The standard InChI is InChI=1S/C23H30ClN3O4S/c1-16(2)15-25-23(29)19-8-5-6-9-20(19)26-22(28)10-7-13-27(32(4,30)31)21-14-18(24)12-11-17(21)3/h5-6,8-9,11-12,14,16H,7,10,13,15H2,1-4H3,(H,25,29)(H,26,28). The van der Waals surface area contributed by atoms with E-state index in [9.17, 15) is 18.0 Å². The second kappa shape index (κ2) is 11.3. The van der Waals surface area contributed by atoms with Gasteiger partial charge in [-0.2, -0.15) is 0 Å². The summed E-state index contributed by atoms with van der Waals surface area (Å²) in [4.78, 5) is 24.9. The Hall–Kier alpha value is -2.58. The van der Waals surface area contributed by atoms with Crippen LogP contribution in [0.4, 0.5) is 11.4 Å². The summed E-state index contributed by atoms with van der Waals surface area (Å²) in [6.07, 6.45) is 1.51. The van der Waals surface area contributed by atoms with Crippen molar-refractivity contribution in [2.45, 2.75) is 33.6 Å². The van der Waals surface area contributed by atoms with Crippen LogP contribution in [0.1, 0.15) is 42.6 Å². The molecule has 0 unspecified atom stereocenters. The van der Waals surface area contributed by atoms with Crippen molar-refractivity contribution in [2.75, 3.05) is 29.0 Å². The molecule has 2 aromatic carbocycles. The number of amides is 2. The van der Waals surface area contributed by atoms with Gasteiger partial charge in [-0.15, -0.1) is 0 Å². The van der Waals surface area contributed by atoms with Crippen molar-refractivity contribution in [2.24, 2.45) is 5.92 Å². The highest BCUT2D eigenvalue weighted by Crippen LogP contribution is 2.26. The lowest BCUT2D eigenvalue weighted by Gasteiger charge is -2.24. The maximum absolute atomic E-state index is 12.5. The van der Waals surface area contributed by atoms with Crippen molar-refractivity contribution in [1.82, 2.24) is 5.32 Å². The smallest absolute Gasteiger partial charge is 0.253 e. The molecule has 0 saturated carbocycles. The first kappa shape index (κ1) is 25.7. The molecule has 0 atom stereocenters. The summed E-state index contributed by atoms with van der Waals surface area (Å²) in [5, 5.41) is 6.04. The third kappa shape index (κ3) is 7.53. The summed E-state index contributed by atoms with van der Waals surface area (Å²) in [5.74, 6) is -0.249. The fraction of sp³-hybridized carbons (Fsp3) is 0.391. The Morgan fingerprint density at radius 3 is 2.47 bits per heavy atom. The number of sulfonamides is 1. The van der Waals surface area contributed by atoms with Crippen LogP contribution in [0.15, 0.2) is 42.5 Å². The molecule has 0 spiro atoms. The highest BCUT2D eigenvalue weighted by Gasteiger charge is 2.20. The molecular weight excluding hydrogens is 450 g/mol. The van der Waals surface area contributed by atoms with Gasteiger partial charge in [0.15, 0.2) is 0 Å². The molecule has 0 heterocycles. The maximum Gasteiger partial charge on any atom is 0.253 e. The van der Waals surface area contributed by atoms with Crippen LogP contribution in [-0.2, 0) is 14.8 Å². The van der Waals surface area contributed by atoms with E-state index in [1.165, 1.54) is 4.31 Å². The van der Waals surface area contributed by atoms with E-state index in [1.807, 2.05) is 13.8 Å². The van der Waals surface area contributed by atoms with E-state index in [-0.39, 0.29) is 24.8 Å². The Bertz CT molecular complexity index is 1070. The van der Waals surface area contributed by atoms with Crippen molar-refractivity contribution in [3.05, 3.63) is 58.6 Å². The number of halogens is 1. The Labute approximate surface area is 195 Å². The molecule has 2 N–H and O–H groups in total. The minimum absolute atomic E-state index is 0.0909. The molecule has 2 amide bonds. The highest BCUT2D eigenvalue weighted by molar-refractivity contribution is 7.92. The zero-order valence-corrected chi connectivity index (χ0v) is 20.4. The second-order valence-electron chi connectivity index (χ2n) is 8.07. The predicted octanol–water partition coefficient (Wildman–Crippen LogP) is 4.22. The monoisotopic (exact) mass is 479 g/mol. The van der Waals surface area contributed by atoms with Crippen LogP contribution in [0.2, 0.25) is 5.02 Å². The Balaban J connectivity index is 2.04. The lowest BCUT2D eigenvalue weighted by atomic mass is 10.1. The fourth-order valence-corrected chi connectivity index (χ4v) is 4.28. The molecular formula is C23H30ClN3O4S. The molecule has 2 aromatic rings. The first-order chi connectivity index (χ1) is 15.0. The molecule has 0 aliphatic heterocycles. The van der Waals surface area contributed by atoms with Gasteiger partial charge in [0.05, 0.1) is 23.2 Å². The number of rotatable bonds is 10. The fourth-order valence-electron chi connectivity index (χ4n) is 3.09. The van der Waals surface area contributed by atoms with Crippen LogP contribution in [0.5, 0.6) is 0 Å². The third-order valence-electron chi connectivity index (χ3n) is 4.72. The summed E-state index contributed by atoms with van der Waals surface area (Å²) < 4.78 is 25.9. The number of benzene rings is 2. The number of para-hydroxylation sites is 1. The number of carbonyl (C=O) groups is 2. The van der Waals surface area contributed by atoms with Crippen LogP contribution in [0.25, 0.3) is 0 Å². The van der Waals surface area contributed by atoms with Crippen molar-refractivity contribution in [3.63, 3.8) is 0 Å². The normalized spacial score (nSPS) is 11.3. The minimum atomic E-state index is -3.56. The van der Waals surface area contributed by atoms with Crippen LogP contribution >= 0.6 is 11.6 Å². The van der Waals surface area contributed by atoms with Crippen LogP contribution < -0.4 is 14.9 Å². The molecule has 0 aliphatic carbocycles. The Kier molecular flexibility index (Phi) is 9.09. The molecule has 0 aliphatic rings. The number of hydrogen-bond donors (Lipinski definition) is 2. The molecule has 0 aromatic heterocycles. The van der Waals surface area contributed by atoms with Gasteiger partial charge in [-0.25, -0.2) is 8.42 Å². The Morgan fingerprint density at radius 2 is 1.81 bits per heavy atom. The van der Waals surface area contributed by atoms with Gasteiger partial charge in [0.1, 0.15) is 0 Å². The van der Waals surface area contributed by atoms with E-state index in [0.29, 0.717) is 40.8 Å². The van der Waals surface area contributed by atoms with Crippen LogP contribution in [-0.4, -0.2) is 39.6 Å². The first-order valence-electron chi connectivity index (χ1n) is 10.4. The topological polar surface area (TPSA) is 95.6 Å². The molecule has 0 bridgehead atoms. The number of aryl methyl sites for hydroxylation is 1. The number of hydrogen-bond acceptors (Lipinski definition) is 4. The highest BCUT2D eigenvalue weighted by atomic mass is 35.5.